The van der Waals surface area contributed by atoms with Gasteiger partial charge in [-0.05, 0) is 49.2 Å². The fourth-order valence-corrected chi connectivity index (χ4v) is 4.87. The third kappa shape index (κ3) is 7.61. The Morgan fingerprint density at radius 2 is 1.82 bits per heavy atom. The van der Waals surface area contributed by atoms with E-state index in [0.29, 0.717) is 11.4 Å². The molecule has 186 valence electrons. The average Bonchev–Trinajstić information content (AvgIpc) is 2.79. The molecule has 2 aromatic rings. The second-order valence-corrected chi connectivity index (χ2v) is 10.9. The largest absolute Gasteiger partial charge is 0.495 e. The summed E-state index contributed by atoms with van der Waals surface area (Å²) in [4.78, 5) is 26.9. The second-order valence-electron chi connectivity index (χ2n) is 7.70. The van der Waals surface area contributed by atoms with Crippen molar-refractivity contribution in [3.63, 3.8) is 0 Å². The van der Waals surface area contributed by atoms with Crippen molar-refractivity contribution >= 4 is 55.1 Å². The van der Waals surface area contributed by atoms with E-state index in [4.69, 9.17) is 16.3 Å². The van der Waals surface area contributed by atoms with E-state index in [9.17, 15) is 18.0 Å². The maximum Gasteiger partial charge on any atom is 0.242 e. The molecule has 1 N–H and O–H groups in total. The summed E-state index contributed by atoms with van der Waals surface area (Å²) >= 11 is 9.55. The molecule has 0 spiro atoms. The Balaban J connectivity index is 2.16. The van der Waals surface area contributed by atoms with Gasteiger partial charge in [0.2, 0.25) is 21.8 Å². The van der Waals surface area contributed by atoms with Gasteiger partial charge in [0.15, 0.2) is 0 Å². The zero-order valence-electron chi connectivity index (χ0n) is 19.5. The van der Waals surface area contributed by atoms with Crippen LogP contribution in [0.2, 0.25) is 5.02 Å². The molecule has 1 atom stereocenters. The number of nitrogens with zero attached hydrogens (tertiary/aromatic N) is 2. The maximum absolute atomic E-state index is 13.1. The van der Waals surface area contributed by atoms with Gasteiger partial charge >= 0.3 is 0 Å². The summed E-state index contributed by atoms with van der Waals surface area (Å²) in [5, 5.41) is 2.86. The van der Waals surface area contributed by atoms with Crippen molar-refractivity contribution in [3.8, 4) is 5.75 Å². The summed E-state index contributed by atoms with van der Waals surface area (Å²) in [6.45, 7) is 2.00. The first-order chi connectivity index (χ1) is 16.0. The number of carbonyl (C=O) groups excluding carboxylic acids is 2. The molecule has 0 saturated heterocycles. The second kappa shape index (κ2) is 12.4. The van der Waals surface area contributed by atoms with Crippen LogP contribution in [0.3, 0.4) is 0 Å². The molecule has 0 fully saturated rings. The molecule has 2 amide bonds. The van der Waals surface area contributed by atoms with Gasteiger partial charge in [-0.1, -0.05) is 39.7 Å². The van der Waals surface area contributed by atoms with Crippen LogP contribution in [0, 0.1) is 0 Å². The Kier molecular flexibility index (Phi) is 10.2. The van der Waals surface area contributed by atoms with Crippen molar-refractivity contribution in [2.45, 2.75) is 32.4 Å². The Bertz CT molecular complexity index is 1110. The smallest absolute Gasteiger partial charge is 0.242 e. The van der Waals surface area contributed by atoms with E-state index in [1.807, 2.05) is 24.3 Å². The molecule has 0 saturated carbocycles. The van der Waals surface area contributed by atoms with Crippen LogP contribution in [-0.2, 0) is 26.2 Å². The number of anilines is 1. The first-order valence-corrected chi connectivity index (χ1v) is 13.6. The topological polar surface area (TPSA) is 96.0 Å². The van der Waals surface area contributed by atoms with Gasteiger partial charge in [-0.25, -0.2) is 8.42 Å². The normalized spacial score (nSPS) is 12.1. The minimum absolute atomic E-state index is 0.0633. The molecule has 1 unspecified atom stereocenters. The van der Waals surface area contributed by atoms with Gasteiger partial charge in [0.1, 0.15) is 11.8 Å². The number of ether oxygens (including phenoxy) is 1. The van der Waals surface area contributed by atoms with Crippen molar-refractivity contribution in [1.82, 2.24) is 10.2 Å². The lowest BCUT2D eigenvalue weighted by Gasteiger charge is -2.29. The van der Waals surface area contributed by atoms with Crippen molar-refractivity contribution in [2.75, 3.05) is 31.3 Å². The first-order valence-electron chi connectivity index (χ1n) is 10.5. The Labute approximate surface area is 214 Å². The van der Waals surface area contributed by atoms with Crippen LogP contribution in [0.5, 0.6) is 5.75 Å². The monoisotopic (exact) mass is 573 g/mol. The number of benzene rings is 2. The maximum atomic E-state index is 13.1. The van der Waals surface area contributed by atoms with Crippen LogP contribution >= 0.6 is 27.5 Å². The minimum atomic E-state index is -3.62. The Morgan fingerprint density at radius 1 is 1.18 bits per heavy atom. The Morgan fingerprint density at radius 3 is 2.35 bits per heavy atom. The van der Waals surface area contributed by atoms with Crippen LogP contribution in [0.25, 0.3) is 0 Å². The predicted octanol–water partition coefficient (Wildman–Crippen LogP) is 3.82. The van der Waals surface area contributed by atoms with E-state index < -0.39 is 16.1 Å². The molecule has 0 bridgehead atoms. The molecular formula is C23H29BrClN3O5S. The molecule has 2 rings (SSSR count). The predicted molar refractivity (Wildman–Crippen MR) is 138 cm³/mol. The highest BCUT2D eigenvalue weighted by Crippen LogP contribution is 2.30. The fourth-order valence-electron chi connectivity index (χ4n) is 3.39. The summed E-state index contributed by atoms with van der Waals surface area (Å²) in [5.41, 5.74) is 1.25. The number of hydrogen-bond donors (Lipinski definition) is 1. The Hall–Kier alpha value is -2.30. The molecule has 8 nitrogen and oxygen atoms in total. The number of hydrogen-bond acceptors (Lipinski definition) is 5. The average molecular weight is 575 g/mol. The van der Waals surface area contributed by atoms with Crippen LogP contribution < -0.4 is 14.4 Å². The van der Waals surface area contributed by atoms with Crippen LogP contribution in [0.1, 0.15) is 25.3 Å². The summed E-state index contributed by atoms with van der Waals surface area (Å²) in [6.07, 6.45) is 1.42. The SMILES string of the molecule is CNC(=O)C(C)N(Cc1ccc(Br)cc1)C(=O)CCCN(c1ccc(OC)c(Cl)c1)S(C)(=O)=O. The third-order valence-corrected chi connectivity index (χ3v) is 7.27. The zero-order valence-corrected chi connectivity index (χ0v) is 22.7. The van der Waals surface area contributed by atoms with E-state index in [-0.39, 0.29) is 42.8 Å². The highest BCUT2D eigenvalue weighted by atomic mass is 79.9. The molecule has 34 heavy (non-hydrogen) atoms. The standard InChI is InChI=1S/C23H29BrClN3O5S/c1-16(23(30)26-2)27(15-17-7-9-18(24)10-8-17)22(29)6-5-13-28(34(4,31)32)19-11-12-21(33-3)20(25)14-19/h7-12,14,16H,5-6,13,15H2,1-4H3,(H,26,30). The molecule has 0 aliphatic heterocycles. The number of rotatable bonds is 11. The molecule has 0 radical (unpaired) electrons. The molecule has 0 aliphatic rings. The molecule has 0 heterocycles. The molecular weight excluding hydrogens is 546 g/mol. The summed E-state index contributed by atoms with van der Waals surface area (Å²) in [7, 11) is -0.627. The van der Waals surface area contributed by atoms with Crippen LogP contribution in [-0.4, -0.2) is 58.1 Å². The molecule has 0 aromatic heterocycles. The van der Waals surface area contributed by atoms with Crippen molar-refractivity contribution in [1.29, 1.82) is 0 Å². The van der Waals surface area contributed by atoms with Crippen LogP contribution in [0.15, 0.2) is 46.9 Å². The van der Waals surface area contributed by atoms with Crippen LogP contribution in [0.4, 0.5) is 5.69 Å². The lowest BCUT2D eigenvalue weighted by molar-refractivity contribution is -0.140. The minimum Gasteiger partial charge on any atom is -0.495 e. The lowest BCUT2D eigenvalue weighted by Crippen LogP contribution is -2.46. The van der Waals surface area contributed by atoms with E-state index in [2.05, 4.69) is 21.2 Å². The van der Waals surface area contributed by atoms with E-state index in [1.165, 1.54) is 29.4 Å². The highest BCUT2D eigenvalue weighted by molar-refractivity contribution is 9.10. The van der Waals surface area contributed by atoms with Crippen molar-refractivity contribution in [3.05, 3.63) is 57.5 Å². The van der Waals surface area contributed by atoms with Crippen molar-refractivity contribution in [2.24, 2.45) is 0 Å². The van der Waals surface area contributed by atoms with E-state index in [1.54, 1.807) is 19.1 Å². The molecule has 11 heteroatoms. The summed E-state index contributed by atoms with van der Waals surface area (Å²) in [5.74, 6) is -0.0999. The number of sulfonamides is 1. The van der Waals surface area contributed by atoms with E-state index in [0.717, 1.165) is 16.3 Å². The van der Waals surface area contributed by atoms with Gasteiger partial charge in [-0.3, -0.25) is 13.9 Å². The van der Waals surface area contributed by atoms with Gasteiger partial charge in [0, 0.05) is 31.0 Å². The van der Waals surface area contributed by atoms with Gasteiger partial charge in [0.25, 0.3) is 0 Å². The fraction of sp³-hybridized carbons (Fsp3) is 0.391. The molecule has 0 aliphatic carbocycles. The highest BCUT2D eigenvalue weighted by Gasteiger charge is 2.26. The number of likely N-dealkylation sites (N-methyl/N-ethyl adjacent to an activating group) is 1. The molecule has 2 aromatic carbocycles. The van der Waals surface area contributed by atoms with E-state index >= 15 is 0 Å². The van der Waals surface area contributed by atoms with Crippen molar-refractivity contribution < 1.29 is 22.7 Å². The number of halogens is 2. The first kappa shape index (κ1) is 27.9. The van der Waals surface area contributed by atoms with Gasteiger partial charge in [-0.2, -0.15) is 0 Å². The van der Waals surface area contributed by atoms with Gasteiger partial charge in [-0.15, -0.1) is 0 Å². The van der Waals surface area contributed by atoms with Gasteiger partial charge < -0.3 is 15.0 Å². The zero-order chi connectivity index (χ0) is 25.5. The number of nitrogens with one attached hydrogen (secondary N) is 1. The number of amides is 2. The number of carbonyl (C=O) groups is 2. The third-order valence-electron chi connectivity index (χ3n) is 5.26. The number of methoxy groups -OCH3 is 1. The summed E-state index contributed by atoms with van der Waals surface area (Å²) in [6, 6.07) is 11.5. The lowest BCUT2D eigenvalue weighted by atomic mass is 10.1. The summed E-state index contributed by atoms with van der Waals surface area (Å²) < 4.78 is 32.1. The quantitative estimate of drug-likeness (QED) is 0.440. The van der Waals surface area contributed by atoms with Gasteiger partial charge in [0.05, 0.1) is 24.1 Å².